The van der Waals surface area contributed by atoms with Crippen LogP contribution in [0.4, 0.5) is 24.7 Å². The summed E-state index contributed by atoms with van der Waals surface area (Å²) < 4.78 is 41.5. The second kappa shape index (κ2) is 10.6. The monoisotopic (exact) mass is 557 g/mol. The van der Waals surface area contributed by atoms with Crippen LogP contribution in [0, 0.1) is 5.82 Å². The normalized spacial score (nSPS) is 19.3. The molecule has 12 heteroatoms. The van der Waals surface area contributed by atoms with Gasteiger partial charge in [0.25, 0.3) is 11.8 Å². The van der Waals surface area contributed by atoms with E-state index in [2.05, 4.69) is 15.3 Å². The van der Waals surface area contributed by atoms with Crippen molar-refractivity contribution in [2.24, 2.45) is 0 Å². The number of carbonyl (C=O) groups excluding carboxylic acids is 3. The van der Waals surface area contributed by atoms with Gasteiger partial charge in [0.2, 0.25) is 11.8 Å². The van der Waals surface area contributed by atoms with Gasteiger partial charge in [0, 0.05) is 54.0 Å². The molecule has 2 heterocycles. The van der Waals surface area contributed by atoms with Crippen molar-refractivity contribution in [2.75, 3.05) is 9.80 Å². The van der Waals surface area contributed by atoms with E-state index in [0.29, 0.717) is 0 Å². The standard InChI is InChI=1S/C27H23ClF3N5O3/c28-20-7-2-1-6-19(20)24(25(38)34-17-13-27(30,31)14-17)35(18-5-3-4-16(29)12-18)26(39)21-8-9-23(37)36(21)22-15-32-10-11-33-22/h1-7,10-12,15,17,21,24H,8-9,13-14H2,(H,34,38)/t21-,24-/m0/s1. The molecule has 5 rings (SSSR count). The first-order valence-electron chi connectivity index (χ1n) is 12.2. The molecule has 1 aliphatic heterocycles. The van der Waals surface area contributed by atoms with Gasteiger partial charge in [-0.15, -0.1) is 0 Å². The van der Waals surface area contributed by atoms with Crippen molar-refractivity contribution in [3.05, 3.63) is 83.5 Å². The van der Waals surface area contributed by atoms with Crippen LogP contribution >= 0.6 is 11.6 Å². The number of anilines is 2. The number of benzene rings is 2. The summed E-state index contributed by atoms with van der Waals surface area (Å²) in [6, 6.07) is 8.00. The highest BCUT2D eigenvalue weighted by Gasteiger charge is 2.48. The van der Waals surface area contributed by atoms with E-state index in [1.165, 1.54) is 53.8 Å². The van der Waals surface area contributed by atoms with E-state index >= 15 is 0 Å². The number of alkyl halides is 2. The van der Waals surface area contributed by atoms with E-state index in [-0.39, 0.29) is 40.8 Å². The van der Waals surface area contributed by atoms with E-state index in [9.17, 15) is 27.6 Å². The number of nitrogens with one attached hydrogen (secondary N) is 1. The van der Waals surface area contributed by atoms with Crippen molar-refractivity contribution in [2.45, 2.75) is 49.7 Å². The van der Waals surface area contributed by atoms with Crippen LogP contribution in [0.1, 0.15) is 37.3 Å². The van der Waals surface area contributed by atoms with Crippen LogP contribution in [0.25, 0.3) is 0 Å². The van der Waals surface area contributed by atoms with Gasteiger partial charge in [0.1, 0.15) is 17.9 Å². The van der Waals surface area contributed by atoms with Crippen molar-refractivity contribution in [1.82, 2.24) is 15.3 Å². The van der Waals surface area contributed by atoms with E-state index in [1.807, 2.05) is 0 Å². The van der Waals surface area contributed by atoms with Crippen molar-refractivity contribution in [3.63, 3.8) is 0 Å². The first-order valence-corrected chi connectivity index (χ1v) is 12.6. The maximum Gasteiger partial charge on any atom is 0.252 e. The van der Waals surface area contributed by atoms with Crippen molar-refractivity contribution in [3.8, 4) is 0 Å². The van der Waals surface area contributed by atoms with E-state index in [0.717, 1.165) is 11.0 Å². The lowest BCUT2D eigenvalue weighted by atomic mass is 9.87. The minimum atomic E-state index is -2.89. The highest BCUT2D eigenvalue weighted by atomic mass is 35.5. The molecule has 2 fully saturated rings. The molecule has 1 aromatic heterocycles. The van der Waals surface area contributed by atoms with Crippen LogP contribution in [-0.4, -0.2) is 45.7 Å². The van der Waals surface area contributed by atoms with E-state index in [1.54, 1.807) is 12.1 Å². The molecule has 8 nitrogen and oxygen atoms in total. The van der Waals surface area contributed by atoms with E-state index in [4.69, 9.17) is 11.6 Å². The maximum atomic E-state index is 14.4. The fraction of sp³-hybridized carbons (Fsp3) is 0.296. The molecule has 2 atom stereocenters. The molecule has 3 aromatic rings. The highest BCUT2D eigenvalue weighted by Crippen LogP contribution is 2.39. The van der Waals surface area contributed by atoms with Gasteiger partial charge in [-0.05, 0) is 30.7 Å². The van der Waals surface area contributed by atoms with Gasteiger partial charge in [-0.25, -0.2) is 18.2 Å². The van der Waals surface area contributed by atoms with Crippen molar-refractivity contribution in [1.29, 1.82) is 0 Å². The Kier molecular flexibility index (Phi) is 7.26. The molecule has 1 aliphatic carbocycles. The fourth-order valence-electron chi connectivity index (χ4n) is 4.95. The largest absolute Gasteiger partial charge is 0.351 e. The van der Waals surface area contributed by atoms with Gasteiger partial charge >= 0.3 is 0 Å². The summed E-state index contributed by atoms with van der Waals surface area (Å²) in [7, 11) is 0. The Labute approximate surface area is 226 Å². The zero-order valence-corrected chi connectivity index (χ0v) is 21.2. The second-order valence-electron chi connectivity index (χ2n) is 9.46. The molecule has 1 N–H and O–H groups in total. The number of hydrogen-bond acceptors (Lipinski definition) is 5. The van der Waals surface area contributed by atoms with Crippen LogP contribution in [0.5, 0.6) is 0 Å². The summed E-state index contributed by atoms with van der Waals surface area (Å²) in [5, 5.41) is 2.73. The third-order valence-corrected chi connectivity index (χ3v) is 7.10. The highest BCUT2D eigenvalue weighted by molar-refractivity contribution is 6.31. The van der Waals surface area contributed by atoms with Gasteiger partial charge in [0.05, 0.1) is 6.20 Å². The zero-order valence-electron chi connectivity index (χ0n) is 20.4. The third kappa shape index (κ3) is 5.44. The molecule has 0 bridgehead atoms. The van der Waals surface area contributed by atoms with Crippen LogP contribution in [-0.2, 0) is 14.4 Å². The van der Waals surface area contributed by atoms with Gasteiger partial charge in [-0.2, -0.15) is 0 Å². The van der Waals surface area contributed by atoms with Crippen LogP contribution in [0.3, 0.4) is 0 Å². The lowest BCUT2D eigenvalue weighted by Crippen LogP contribution is -2.56. The predicted octanol–water partition coefficient (Wildman–Crippen LogP) is 4.45. The van der Waals surface area contributed by atoms with Crippen molar-refractivity contribution < 1.29 is 27.6 Å². The van der Waals surface area contributed by atoms with Gasteiger partial charge in [-0.1, -0.05) is 35.9 Å². The molecular weight excluding hydrogens is 535 g/mol. The molecule has 1 saturated carbocycles. The first kappa shape index (κ1) is 26.6. The number of halogens is 4. The summed E-state index contributed by atoms with van der Waals surface area (Å²) in [5.41, 5.74) is 0.230. The Hall–Kier alpha value is -3.99. The lowest BCUT2D eigenvalue weighted by Gasteiger charge is -2.39. The fourth-order valence-corrected chi connectivity index (χ4v) is 5.19. The molecule has 39 heavy (non-hydrogen) atoms. The summed E-state index contributed by atoms with van der Waals surface area (Å²) in [5.74, 6) is -5.25. The minimum absolute atomic E-state index is 0.0254. The van der Waals surface area contributed by atoms with Crippen LogP contribution < -0.4 is 15.1 Å². The maximum absolute atomic E-state index is 14.4. The third-order valence-electron chi connectivity index (χ3n) is 6.76. The average molecular weight is 558 g/mol. The summed E-state index contributed by atoms with van der Waals surface area (Å²) in [6.45, 7) is 0. The molecular formula is C27H23ClF3N5O3. The summed E-state index contributed by atoms with van der Waals surface area (Å²) in [4.78, 5) is 51.3. The van der Waals surface area contributed by atoms with Crippen LogP contribution in [0.15, 0.2) is 67.1 Å². The summed E-state index contributed by atoms with van der Waals surface area (Å²) in [6.07, 6.45) is 3.18. The minimum Gasteiger partial charge on any atom is -0.351 e. The average Bonchev–Trinajstić information content (AvgIpc) is 3.28. The molecule has 2 aliphatic rings. The predicted molar refractivity (Wildman–Crippen MR) is 137 cm³/mol. The molecule has 0 spiro atoms. The van der Waals surface area contributed by atoms with Gasteiger partial charge in [-0.3, -0.25) is 29.2 Å². The Morgan fingerprint density at radius 3 is 2.56 bits per heavy atom. The Morgan fingerprint density at radius 2 is 1.90 bits per heavy atom. The molecule has 2 aromatic carbocycles. The summed E-state index contributed by atoms with van der Waals surface area (Å²) >= 11 is 6.47. The smallest absolute Gasteiger partial charge is 0.252 e. The number of nitrogens with zero attached hydrogens (tertiary/aromatic N) is 4. The molecule has 0 unspecified atom stereocenters. The topological polar surface area (TPSA) is 95.5 Å². The Morgan fingerprint density at radius 1 is 1.13 bits per heavy atom. The van der Waals surface area contributed by atoms with Gasteiger partial charge in [0.15, 0.2) is 5.82 Å². The Bertz CT molecular complexity index is 1400. The zero-order chi connectivity index (χ0) is 27.7. The van der Waals surface area contributed by atoms with Gasteiger partial charge < -0.3 is 5.32 Å². The second-order valence-corrected chi connectivity index (χ2v) is 9.87. The number of carbonyl (C=O) groups is 3. The first-order chi connectivity index (χ1) is 18.6. The number of rotatable bonds is 7. The number of aromatic nitrogens is 2. The Balaban J connectivity index is 1.60. The lowest BCUT2D eigenvalue weighted by molar-refractivity contribution is -0.133. The molecule has 3 amide bonds. The molecule has 1 saturated heterocycles. The quantitative estimate of drug-likeness (QED) is 0.463. The number of hydrogen-bond donors (Lipinski definition) is 1. The van der Waals surface area contributed by atoms with Crippen molar-refractivity contribution >= 4 is 40.8 Å². The van der Waals surface area contributed by atoms with Crippen LogP contribution in [0.2, 0.25) is 5.02 Å². The molecule has 202 valence electrons. The van der Waals surface area contributed by atoms with E-state index < -0.39 is 54.5 Å². The molecule has 0 radical (unpaired) electrons. The SMILES string of the molecule is O=C(NC1CC(F)(F)C1)[C@H](c1ccccc1Cl)N(C(=O)[C@@H]1CCC(=O)N1c1cnccn1)c1cccc(F)c1. The number of amides is 3.